The molecule has 0 bridgehead atoms. The number of amides is 1. The number of carbonyl (C=O) groups excluding carboxylic acids is 1. The average molecular weight is 358 g/mol. The van der Waals surface area contributed by atoms with Crippen LogP contribution in [0.2, 0.25) is 0 Å². The number of benzene rings is 1. The van der Waals surface area contributed by atoms with Gasteiger partial charge in [0.25, 0.3) is 0 Å². The van der Waals surface area contributed by atoms with E-state index in [0.29, 0.717) is 26.3 Å². The van der Waals surface area contributed by atoms with Crippen LogP contribution in [-0.2, 0) is 4.79 Å². The predicted molar refractivity (Wildman–Crippen MR) is 97.3 cm³/mol. The first kappa shape index (κ1) is 20.5. The van der Waals surface area contributed by atoms with Gasteiger partial charge >= 0.3 is 0 Å². The monoisotopic (exact) mass is 357 g/mol. The molecule has 6 nitrogen and oxygen atoms in total. The molecule has 7 heteroatoms. The van der Waals surface area contributed by atoms with Crippen molar-refractivity contribution in [3.8, 4) is 11.5 Å². The highest BCUT2D eigenvalue weighted by atomic mass is 35.5. The maximum atomic E-state index is 12.2. The molecule has 0 radical (unpaired) electrons. The van der Waals surface area contributed by atoms with Gasteiger partial charge in [-0.2, -0.15) is 0 Å². The normalized spacial score (nSPS) is 14.2. The van der Waals surface area contributed by atoms with Crippen molar-refractivity contribution in [2.24, 2.45) is 0 Å². The molecule has 0 aliphatic carbocycles. The summed E-state index contributed by atoms with van der Waals surface area (Å²) in [6.07, 6.45) is 0. The van der Waals surface area contributed by atoms with E-state index in [1.807, 2.05) is 48.0 Å². The Morgan fingerprint density at radius 3 is 2.46 bits per heavy atom. The SMILES string of the molecule is CCOc1ccccc1OCCN(C)CC(=O)N1CCNCC1.Cl. The van der Waals surface area contributed by atoms with E-state index in [1.54, 1.807) is 0 Å². The first-order valence-corrected chi connectivity index (χ1v) is 8.22. The Morgan fingerprint density at radius 2 is 1.83 bits per heavy atom. The molecule has 1 heterocycles. The minimum atomic E-state index is 0. The van der Waals surface area contributed by atoms with E-state index < -0.39 is 0 Å². The lowest BCUT2D eigenvalue weighted by Gasteiger charge is -2.29. The molecule has 0 unspecified atom stereocenters. The fraction of sp³-hybridized carbons (Fsp3) is 0.588. The van der Waals surface area contributed by atoms with E-state index in [0.717, 1.165) is 37.7 Å². The number of piperazine rings is 1. The van der Waals surface area contributed by atoms with E-state index >= 15 is 0 Å². The van der Waals surface area contributed by atoms with Gasteiger partial charge in [-0.15, -0.1) is 12.4 Å². The van der Waals surface area contributed by atoms with E-state index in [9.17, 15) is 4.79 Å². The van der Waals surface area contributed by atoms with Crippen molar-refractivity contribution in [2.75, 3.05) is 59.5 Å². The van der Waals surface area contributed by atoms with Crippen molar-refractivity contribution in [3.63, 3.8) is 0 Å². The lowest BCUT2D eigenvalue weighted by molar-refractivity contribution is -0.132. The zero-order chi connectivity index (χ0) is 16.5. The van der Waals surface area contributed by atoms with E-state index in [4.69, 9.17) is 9.47 Å². The molecule has 0 aromatic heterocycles. The topological polar surface area (TPSA) is 54.0 Å². The molecule has 136 valence electrons. The summed E-state index contributed by atoms with van der Waals surface area (Å²) in [5, 5.41) is 3.25. The first-order chi connectivity index (χ1) is 11.2. The molecule has 1 N–H and O–H groups in total. The number of hydrogen-bond donors (Lipinski definition) is 1. The van der Waals surface area contributed by atoms with Crippen molar-refractivity contribution in [2.45, 2.75) is 6.92 Å². The van der Waals surface area contributed by atoms with Crippen molar-refractivity contribution < 1.29 is 14.3 Å². The zero-order valence-corrected chi connectivity index (χ0v) is 15.3. The number of ether oxygens (including phenoxy) is 2. The molecule has 1 fully saturated rings. The number of rotatable bonds is 8. The summed E-state index contributed by atoms with van der Waals surface area (Å²) in [6.45, 7) is 7.56. The highest BCUT2D eigenvalue weighted by Crippen LogP contribution is 2.26. The van der Waals surface area contributed by atoms with Crippen LogP contribution in [0.15, 0.2) is 24.3 Å². The third-order valence-electron chi connectivity index (χ3n) is 3.75. The van der Waals surface area contributed by atoms with Crippen LogP contribution in [0.4, 0.5) is 0 Å². The van der Waals surface area contributed by atoms with Crippen LogP contribution < -0.4 is 14.8 Å². The van der Waals surface area contributed by atoms with Gasteiger partial charge in [0.15, 0.2) is 11.5 Å². The second-order valence-corrected chi connectivity index (χ2v) is 5.60. The smallest absolute Gasteiger partial charge is 0.236 e. The molecule has 1 amide bonds. The summed E-state index contributed by atoms with van der Waals surface area (Å²) >= 11 is 0. The number of nitrogens with zero attached hydrogens (tertiary/aromatic N) is 2. The molecule has 1 aliphatic heterocycles. The number of halogens is 1. The second-order valence-electron chi connectivity index (χ2n) is 5.60. The van der Waals surface area contributed by atoms with Gasteiger partial charge in [-0.1, -0.05) is 12.1 Å². The Hall–Kier alpha value is -1.50. The van der Waals surface area contributed by atoms with Gasteiger partial charge in [0.05, 0.1) is 13.2 Å². The minimum absolute atomic E-state index is 0. The number of likely N-dealkylation sites (N-methyl/N-ethyl adjacent to an activating group) is 1. The summed E-state index contributed by atoms with van der Waals surface area (Å²) in [4.78, 5) is 16.1. The Labute approximate surface area is 150 Å². The van der Waals surface area contributed by atoms with E-state index in [-0.39, 0.29) is 18.3 Å². The number of hydrogen-bond acceptors (Lipinski definition) is 5. The van der Waals surface area contributed by atoms with Crippen LogP contribution in [0, 0.1) is 0 Å². The maximum absolute atomic E-state index is 12.2. The molecule has 1 saturated heterocycles. The Balaban J connectivity index is 0.00000288. The Morgan fingerprint density at radius 1 is 1.21 bits per heavy atom. The summed E-state index contributed by atoms with van der Waals surface area (Å²) in [5.41, 5.74) is 0. The van der Waals surface area contributed by atoms with Gasteiger partial charge in [0.2, 0.25) is 5.91 Å². The molecule has 0 atom stereocenters. The zero-order valence-electron chi connectivity index (χ0n) is 14.5. The van der Waals surface area contributed by atoms with E-state index in [1.165, 1.54) is 0 Å². The highest BCUT2D eigenvalue weighted by Gasteiger charge is 2.17. The number of carbonyl (C=O) groups is 1. The largest absolute Gasteiger partial charge is 0.490 e. The van der Waals surface area contributed by atoms with Crippen LogP contribution in [0.25, 0.3) is 0 Å². The Kier molecular flexibility index (Phi) is 9.52. The average Bonchev–Trinajstić information content (AvgIpc) is 2.57. The molecular formula is C17H28ClN3O3. The van der Waals surface area contributed by atoms with Gasteiger partial charge < -0.3 is 19.7 Å². The van der Waals surface area contributed by atoms with Crippen molar-refractivity contribution in [1.29, 1.82) is 0 Å². The third kappa shape index (κ3) is 6.55. The highest BCUT2D eigenvalue weighted by molar-refractivity contribution is 5.85. The number of para-hydroxylation sites is 2. The van der Waals surface area contributed by atoms with Gasteiger partial charge in [-0.3, -0.25) is 9.69 Å². The fourth-order valence-electron chi connectivity index (χ4n) is 2.48. The van der Waals surface area contributed by atoms with Crippen molar-refractivity contribution >= 4 is 18.3 Å². The van der Waals surface area contributed by atoms with Gasteiger partial charge in [-0.25, -0.2) is 0 Å². The molecule has 24 heavy (non-hydrogen) atoms. The summed E-state index contributed by atoms with van der Waals surface area (Å²) in [5.74, 6) is 1.69. The van der Waals surface area contributed by atoms with Crippen molar-refractivity contribution in [3.05, 3.63) is 24.3 Å². The maximum Gasteiger partial charge on any atom is 0.236 e. The second kappa shape index (κ2) is 11.1. The summed E-state index contributed by atoms with van der Waals surface area (Å²) in [7, 11) is 1.94. The lowest BCUT2D eigenvalue weighted by atomic mass is 10.3. The van der Waals surface area contributed by atoms with Crippen LogP contribution in [-0.4, -0.2) is 75.2 Å². The van der Waals surface area contributed by atoms with E-state index in [2.05, 4.69) is 5.32 Å². The minimum Gasteiger partial charge on any atom is -0.490 e. The molecule has 0 spiro atoms. The predicted octanol–water partition coefficient (Wildman–Crippen LogP) is 1.25. The van der Waals surface area contributed by atoms with Gasteiger partial charge in [0.1, 0.15) is 6.61 Å². The fourth-order valence-corrected chi connectivity index (χ4v) is 2.48. The molecule has 1 aliphatic rings. The summed E-state index contributed by atoms with van der Waals surface area (Å²) < 4.78 is 11.3. The van der Waals surface area contributed by atoms with Crippen LogP contribution >= 0.6 is 12.4 Å². The molecular weight excluding hydrogens is 330 g/mol. The Bertz CT molecular complexity index is 496. The summed E-state index contributed by atoms with van der Waals surface area (Å²) in [6, 6.07) is 7.65. The third-order valence-corrected chi connectivity index (χ3v) is 3.75. The standard InChI is InChI=1S/C17H27N3O3.ClH/c1-3-22-15-6-4-5-7-16(15)23-13-12-19(2)14-17(21)20-10-8-18-9-11-20;/h4-7,18H,3,8-14H2,1-2H3;1H. The molecule has 1 aromatic rings. The quantitative estimate of drug-likeness (QED) is 0.759. The van der Waals surface area contributed by atoms with Crippen LogP contribution in [0.3, 0.4) is 0 Å². The molecule has 2 rings (SSSR count). The van der Waals surface area contributed by atoms with Gasteiger partial charge in [-0.05, 0) is 26.1 Å². The molecule has 0 saturated carbocycles. The van der Waals surface area contributed by atoms with Crippen molar-refractivity contribution in [1.82, 2.24) is 15.1 Å². The first-order valence-electron chi connectivity index (χ1n) is 8.22. The molecule has 1 aromatic carbocycles. The van der Waals surface area contributed by atoms with Gasteiger partial charge in [0, 0.05) is 32.7 Å². The van der Waals surface area contributed by atoms with Crippen LogP contribution in [0.5, 0.6) is 11.5 Å². The lowest BCUT2D eigenvalue weighted by Crippen LogP contribution is -2.49. The number of nitrogens with one attached hydrogen (secondary N) is 1. The van der Waals surface area contributed by atoms with Crippen LogP contribution in [0.1, 0.15) is 6.92 Å².